The Balaban J connectivity index is 0.00000256. The second kappa shape index (κ2) is 14.5. The lowest BCUT2D eigenvalue weighted by molar-refractivity contribution is 0.000522. The van der Waals surface area contributed by atoms with E-state index in [1.54, 1.807) is 18.6 Å². The summed E-state index contributed by atoms with van der Waals surface area (Å²) >= 11 is 0. The molecule has 1 aromatic carbocycles. The van der Waals surface area contributed by atoms with E-state index in [9.17, 15) is 26.4 Å². The highest BCUT2D eigenvalue weighted by Crippen LogP contribution is 2.32. The average Bonchev–Trinajstić information content (AvgIpc) is 3.42. The molecule has 1 aliphatic heterocycles. The maximum atomic E-state index is 15.5. The average molecular weight is 709 g/mol. The van der Waals surface area contributed by atoms with E-state index >= 15 is 13.2 Å². The predicted octanol–water partition coefficient (Wildman–Crippen LogP) is 6.13. The quantitative estimate of drug-likeness (QED) is 0.132. The molecule has 0 bridgehead atoms. The largest absolute Gasteiger partial charge is 0.350 e. The zero-order chi connectivity index (χ0) is 35.6. The minimum atomic E-state index is -4.60. The van der Waals surface area contributed by atoms with Gasteiger partial charge in [0.2, 0.25) is 16.0 Å². The summed E-state index contributed by atoms with van der Waals surface area (Å²) in [7, 11) is -4.60. The molecule has 11 nitrogen and oxygen atoms in total. The van der Waals surface area contributed by atoms with Crippen molar-refractivity contribution < 1.29 is 39.0 Å². The number of fused-ring (bicyclic) bond motifs is 1. The number of halogens is 6. The molecule has 3 N–H and O–H groups in total. The summed E-state index contributed by atoms with van der Waals surface area (Å²) in [5.74, 6) is -9.10. The molecule has 0 spiro atoms. The van der Waals surface area contributed by atoms with Crippen molar-refractivity contribution in [2.45, 2.75) is 77.5 Å². The Hall–Kier alpha value is -4.19. The first-order chi connectivity index (χ1) is 22.5. The number of aromatic nitrogens is 5. The molecule has 5 rings (SSSR count). The molecule has 0 saturated carbocycles. The molecule has 0 amide bonds. The van der Waals surface area contributed by atoms with Crippen LogP contribution in [0.15, 0.2) is 35.4 Å². The Kier molecular flexibility index (Phi) is 11.1. The Labute approximate surface area is 277 Å². The fourth-order valence-electron chi connectivity index (χ4n) is 5.17. The van der Waals surface area contributed by atoms with Gasteiger partial charge in [0.1, 0.15) is 29.8 Å². The van der Waals surface area contributed by atoms with E-state index in [-0.39, 0.29) is 46.0 Å². The highest BCUT2D eigenvalue weighted by Gasteiger charge is 2.28. The Bertz CT molecular complexity index is 1960. The number of hydrogen-bond donors (Lipinski definition) is 3. The fourth-order valence-corrected chi connectivity index (χ4v) is 6.28. The molecule has 1 fully saturated rings. The molecule has 0 unspecified atom stereocenters. The molecule has 18 heteroatoms. The van der Waals surface area contributed by atoms with Gasteiger partial charge in [0.05, 0.1) is 11.3 Å². The molecule has 0 radical (unpaired) electrons. The van der Waals surface area contributed by atoms with Gasteiger partial charge in [-0.05, 0) is 32.0 Å². The summed E-state index contributed by atoms with van der Waals surface area (Å²) in [6.07, 6.45) is 1.60. The Morgan fingerprint density at radius 3 is 2.48 bits per heavy atom. The molecule has 0 aliphatic carbocycles. The maximum Gasteiger partial charge on any atom is 0.264 e. The second-order valence-electron chi connectivity index (χ2n) is 11.5. The minimum absolute atomic E-state index is 0. The summed E-state index contributed by atoms with van der Waals surface area (Å²) in [4.78, 5) is 22.2. The SMILES string of the molecule is CC.CC(C)n1c(=O)c(-c2cc(F)c(NS(=O)(=O)Cc3ccn(CC(C)(F)F)n3)c(F)c2F)cc2cnc(N[C@@H]3CNC[C@@H](F)C3)nc21.[HH].[HH].[HH]. The summed E-state index contributed by atoms with van der Waals surface area (Å²) in [6, 6.07) is 1.91. The Morgan fingerprint density at radius 1 is 1.12 bits per heavy atom. The number of anilines is 2. The third kappa shape index (κ3) is 8.44. The van der Waals surface area contributed by atoms with Gasteiger partial charge in [-0.2, -0.15) is 10.1 Å². The van der Waals surface area contributed by atoms with Crippen LogP contribution in [-0.2, 0) is 22.3 Å². The molecule has 2 atom stereocenters. The van der Waals surface area contributed by atoms with Crippen molar-refractivity contribution in [3.63, 3.8) is 0 Å². The predicted molar refractivity (Wildman–Crippen MR) is 176 cm³/mol. The van der Waals surface area contributed by atoms with Crippen molar-refractivity contribution in [2.24, 2.45) is 0 Å². The number of nitrogens with one attached hydrogen (secondary N) is 3. The molecule has 48 heavy (non-hydrogen) atoms. The fraction of sp³-hybridized carbons (Fsp3) is 0.467. The van der Waals surface area contributed by atoms with E-state index in [4.69, 9.17) is 0 Å². The molecular formula is C30H42F6N8O3S. The van der Waals surface area contributed by atoms with Crippen LogP contribution < -0.4 is 20.9 Å². The van der Waals surface area contributed by atoms with Gasteiger partial charge in [0, 0.05) is 66.1 Å². The van der Waals surface area contributed by atoms with Crippen molar-refractivity contribution in [2.75, 3.05) is 23.1 Å². The number of rotatable bonds is 10. The van der Waals surface area contributed by atoms with Crippen LogP contribution in [0.3, 0.4) is 0 Å². The Morgan fingerprint density at radius 2 is 1.83 bits per heavy atom. The van der Waals surface area contributed by atoms with Crippen molar-refractivity contribution in [3.05, 3.63) is 64.1 Å². The molecule has 1 saturated heterocycles. The molecule has 268 valence electrons. The third-order valence-electron chi connectivity index (χ3n) is 7.10. The van der Waals surface area contributed by atoms with Crippen LogP contribution in [0.1, 0.15) is 57.1 Å². The number of nitrogens with zero attached hydrogens (tertiary/aromatic N) is 5. The smallest absolute Gasteiger partial charge is 0.264 e. The molecular weight excluding hydrogens is 666 g/mol. The molecule has 4 aromatic rings. The lowest BCUT2D eigenvalue weighted by Gasteiger charge is -2.26. The lowest BCUT2D eigenvalue weighted by Crippen LogP contribution is -2.44. The number of hydrogen-bond acceptors (Lipinski definition) is 8. The van der Waals surface area contributed by atoms with Crippen molar-refractivity contribution in [1.82, 2.24) is 29.6 Å². The van der Waals surface area contributed by atoms with Crippen LogP contribution in [0.5, 0.6) is 0 Å². The first kappa shape index (κ1) is 36.6. The maximum absolute atomic E-state index is 15.5. The monoisotopic (exact) mass is 708 g/mol. The van der Waals surface area contributed by atoms with Crippen LogP contribution in [0.25, 0.3) is 22.2 Å². The first-order valence-electron chi connectivity index (χ1n) is 15.1. The van der Waals surface area contributed by atoms with Gasteiger partial charge >= 0.3 is 0 Å². The van der Waals surface area contributed by atoms with Gasteiger partial charge in [0.25, 0.3) is 11.5 Å². The summed E-state index contributed by atoms with van der Waals surface area (Å²) in [6.45, 7) is 7.80. The highest BCUT2D eigenvalue weighted by molar-refractivity contribution is 7.91. The zero-order valence-electron chi connectivity index (χ0n) is 26.8. The number of piperidine rings is 1. The molecule has 1 aliphatic rings. The molecule has 4 heterocycles. The van der Waals surface area contributed by atoms with Gasteiger partial charge in [-0.1, -0.05) is 13.8 Å². The minimum Gasteiger partial charge on any atom is -0.350 e. The summed E-state index contributed by atoms with van der Waals surface area (Å²) < 4.78 is 115. The highest BCUT2D eigenvalue weighted by atomic mass is 32.2. The first-order valence-corrected chi connectivity index (χ1v) is 16.8. The van der Waals surface area contributed by atoms with Gasteiger partial charge < -0.3 is 10.6 Å². The van der Waals surface area contributed by atoms with Crippen LogP contribution in [0.2, 0.25) is 0 Å². The normalized spacial score (nSPS) is 16.9. The van der Waals surface area contributed by atoms with Crippen LogP contribution in [0, 0.1) is 17.5 Å². The lowest BCUT2D eigenvalue weighted by atomic mass is 10.0. The topological polar surface area (TPSA) is 136 Å². The van der Waals surface area contributed by atoms with E-state index in [1.807, 2.05) is 13.8 Å². The summed E-state index contributed by atoms with van der Waals surface area (Å²) in [5.41, 5.74) is -3.46. The zero-order valence-corrected chi connectivity index (χ0v) is 27.6. The van der Waals surface area contributed by atoms with Crippen molar-refractivity contribution in [3.8, 4) is 11.1 Å². The number of alkyl halides is 3. The van der Waals surface area contributed by atoms with E-state index in [2.05, 4.69) is 25.7 Å². The standard InChI is InChI=1S/C28H30F6N8O3S.C2H6.3H2/c1-14(2)42-25-15(9-36-27(38-25)37-18-7-16(29)10-35-11-18)6-20(26(42)43)19-8-21(30)24(23(32)22(19)31)40-46(44,45)12-17-4-5-41(39-17)13-28(3,33)34;1-2;;;/h4-6,8-9,14,16,18,35,40H,7,10-13H2,1-3H3,(H,36,37,38);1-2H3;3*1H/t16-,18-;;;;/m0..../s1. The van der Waals surface area contributed by atoms with E-state index < -0.39 is 80.3 Å². The number of pyridine rings is 1. The van der Waals surface area contributed by atoms with Crippen LogP contribution in [-0.4, -0.2) is 64.0 Å². The summed E-state index contributed by atoms with van der Waals surface area (Å²) in [5, 5.41) is 9.91. The van der Waals surface area contributed by atoms with Gasteiger partial charge in [-0.3, -0.25) is 18.8 Å². The van der Waals surface area contributed by atoms with Crippen molar-refractivity contribution >= 4 is 32.7 Å². The van der Waals surface area contributed by atoms with Crippen LogP contribution in [0.4, 0.5) is 38.0 Å². The third-order valence-corrected chi connectivity index (χ3v) is 8.29. The molecule has 3 aromatic heterocycles. The van der Waals surface area contributed by atoms with E-state index in [0.29, 0.717) is 19.5 Å². The van der Waals surface area contributed by atoms with Crippen LogP contribution >= 0.6 is 0 Å². The number of sulfonamides is 1. The van der Waals surface area contributed by atoms with Gasteiger partial charge in [-0.15, -0.1) is 0 Å². The van der Waals surface area contributed by atoms with Gasteiger partial charge in [-0.25, -0.2) is 39.7 Å². The van der Waals surface area contributed by atoms with E-state index in [0.717, 1.165) is 23.0 Å². The van der Waals surface area contributed by atoms with E-state index in [1.165, 1.54) is 10.8 Å². The van der Waals surface area contributed by atoms with Crippen molar-refractivity contribution in [1.29, 1.82) is 0 Å². The second-order valence-corrected chi connectivity index (χ2v) is 13.2. The van der Waals surface area contributed by atoms with Gasteiger partial charge in [0.15, 0.2) is 17.5 Å². The number of benzene rings is 1.